The van der Waals surface area contributed by atoms with Crippen LogP contribution in [-0.2, 0) is 11.8 Å². The quantitative estimate of drug-likeness (QED) is 0.263. The van der Waals surface area contributed by atoms with Crippen LogP contribution in [0, 0.1) is 15.9 Å². The maximum atomic E-state index is 13.9. The molecular weight excluding hydrogens is 433 g/mol. The van der Waals surface area contributed by atoms with E-state index in [0.29, 0.717) is 11.3 Å². The zero-order valence-electron chi connectivity index (χ0n) is 17.8. The fraction of sp³-hybridized carbons (Fsp3) is 0.136. The minimum absolute atomic E-state index is 0.0555. The molecule has 0 fully saturated rings. The Balaban J connectivity index is 1.77. The molecule has 2 aromatic carbocycles. The number of ether oxygens (including phenoxy) is 2. The second-order valence-electron chi connectivity index (χ2n) is 7.03. The maximum absolute atomic E-state index is 13.9. The van der Waals surface area contributed by atoms with Crippen LogP contribution >= 0.6 is 0 Å². The standard InChI is InChI=1S/C22H18FN5O5/c1-27-11-14(13-8-12(21(29)33-3)4-5-18(13)27)16-6-7-24-22(25-16)26-17-10-19(28(30)31)15(23)9-20(17)32-2/h4-11H,1-3H3,(H,24,25,26). The first-order valence-corrected chi connectivity index (χ1v) is 9.62. The average Bonchev–Trinajstić information content (AvgIpc) is 3.15. The van der Waals surface area contributed by atoms with Crippen LogP contribution in [0.2, 0.25) is 0 Å². The van der Waals surface area contributed by atoms with Crippen LogP contribution < -0.4 is 10.1 Å². The maximum Gasteiger partial charge on any atom is 0.337 e. The number of hydrogen-bond donors (Lipinski definition) is 1. The molecule has 11 heteroatoms. The molecule has 0 unspecified atom stereocenters. The van der Waals surface area contributed by atoms with E-state index >= 15 is 0 Å². The van der Waals surface area contributed by atoms with Gasteiger partial charge in [0.05, 0.1) is 36.1 Å². The molecule has 0 bridgehead atoms. The topological polar surface area (TPSA) is 121 Å². The van der Waals surface area contributed by atoms with Crippen molar-refractivity contribution in [2.24, 2.45) is 7.05 Å². The first-order chi connectivity index (χ1) is 15.8. The number of rotatable bonds is 6. The Morgan fingerprint density at radius 1 is 1.21 bits per heavy atom. The molecule has 0 radical (unpaired) electrons. The summed E-state index contributed by atoms with van der Waals surface area (Å²) in [5.74, 6) is -1.30. The molecular formula is C22H18FN5O5. The average molecular weight is 451 g/mol. The van der Waals surface area contributed by atoms with Gasteiger partial charge in [-0.15, -0.1) is 0 Å². The molecule has 2 heterocycles. The van der Waals surface area contributed by atoms with E-state index in [1.54, 1.807) is 18.2 Å². The number of carbonyl (C=O) groups is 1. The van der Waals surface area contributed by atoms with Crippen molar-refractivity contribution in [3.05, 3.63) is 70.3 Å². The molecule has 4 aromatic rings. The number of nitro benzene ring substituents is 1. The molecule has 2 aromatic heterocycles. The van der Waals surface area contributed by atoms with Crippen molar-refractivity contribution in [2.45, 2.75) is 0 Å². The van der Waals surface area contributed by atoms with Crippen LogP contribution in [0.3, 0.4) is 0 Å². The third kappa shape index (κ3) is 4.03. The summed E-state index contributed by atoms with van der Waals surface area (Å²) in [6.45, 7) is 0. The highest BCUT2D eigenvalue weighted by molar-refractivity contribution is 6.00. The van der Waals surface area contributed by atoms with Crippen molar-refractivity contribution in [1.82, 2.24) is 14.5 Å². The fourth-order valence-electron chi connectivity index (χ4n) is 3.48. The number of methoxy groups -OCH3 is 2. The normalized spacial score (nSPS) is 10.8. The van der Waals surface area contributed by atoms with E-state index in [9.17, 15) is 19.3 Å². The predicted molar refractivity (Wildman–Crippen MR) is 118 cm³/mol. The Morgan fingerprint density at radius 2 is 2.00 bits per heavy atom. The summed E-state index contributed by atoms with van der Waals surface area (Å²) in [4.78, 5) is 30.9. The van der Waals surface area contributed by atoms with Gasteiger partial charge in [0.1, 0.15) is 5.75 Å². The summed E-state index contributed by atoms with van der Waals surface area (Å²) in [5, 5.41) is 14.7. The molecule has 0 aliphatic carbocycles. The number of nitrogens with zero attached hydrogens (tertiary/aromatic N) is 4. The number of nitro groups is 1. The van der Waals surface area contributed by atoms with Gasteiger partial charge in [-0.1, -0.05) is 0 Å². The predicted octanol–water partition coefficient (Wildman–Crippen LogP) is 4.22. The summed E-state index contributed by atoms with van der Waals surface area (Å²) < 4.78 is 25.8. The van der Waals surface area contributed by atoms with Gasteiger partial charge in [0.2, 0.25) is 11.8 Å². The van der Waals surface area contributed by atoms with E-state index in [0.717, 1.165) is 28.6 Å². The van der Waals surface area contributed by atoms with Gasteiger partial charge in [-0.05, 0) is 24.3 Å². The van der Waals surface area contributed by atoms with Crippen molar-refractivity contribution in [3.8, 4) is 17.0 Å². The third-order valence-electron chi connectivity index (χ3n) is 5.05. The number of aromatic nitrogens is 3. The molecule has 0 amide bonds. The number of carbonyl (C=O) groups excluding carboxylic acids is 1. The molecule has 0 saturated heterocycles. The number of nitrogens with one attached hydrogen (secondary N) is 1. The summed E-state index contributed by atoms with van der Waals surface area (Å²) in [7, 11) is 4.50. The number of fused-ring (bicyclic) bond motifs is 1. The molecule has 0 aliphatic rings. The van der Waals surface area contributed by atoms with Gasteiger partial charge in [0.15, 0.2) is 0 Å². The van der Waals surface area contributed by atoms with Gasteiger partial charge in [-0.25, -0.2) is 14.8 Å². The van der Waals surface area contributed by atoms with E-state index in [4.69, 9.17) is 9.47 Å². The lowest BCUT2D eigenvalue weighted by molar-refractivity contribution is -0.387. The van der Waals surface area contributed by atoms with Crippen LogP contribution in [0.4, 0.5) is 21.7 Å². The number of esters is 1. The largest absolute Gasteiger partial charge is 0.494 e. The Morgan fingerprint density at radius 3 is 2.70 bits per heavy atom. The highest BCUT2D eigenvalue weighted by atomic mass is 19.1. The Hall–Kier alpha value is -4.54. The van der Waals surface area contributed by atoms with Gasteiger partial charge in [-0.3, -0.25) is 10.1 Å². The smallest absolute Gasteiger partial charge is 0.337 e. The molecule has 168 valence electrons. The molecule has 0 atom stereocenters. The first kappa shape index (κ1) is 21.7. The number of benzene rings is 2. The van der Waals surface area contributed by atoms with Crippen molar-refractivity contribution < 1.29 is 23.6 Å². The third-order valence-corrected chi connectivity index (χ3v) is 5.05. The van der Waals surface area contributed by atoms with Crippen molar-refractivity contribution in [3.63, 3.8) is 0 Å². The SMILES string of the molecule is COC(=O)c1ccc2c(c1)c(-c1ccnc(Nc3cc([N+](=O)[O-])c(F)cc3OC)n1)cn2C. The summed E-state index contributed by atoms with van der Waals surface area (Å²) in [6.07, 6.45) is 3.37. The Bertz CT molecular complexity index is 1400. The van der Waals surface area contributed by atoms with E-state index in [1.165, 1.54) is 20.4 Å². The molecule has 1 N–H and O–H groups in total. The highest BCUT2D eigenvalue weighted by Crippen LogP contribution is 2.34. The van der Waals surface area contributed by atoms with Gasteiger partial charge >= 0.3 is 11.7 Å². The van der Waals surface area contributed by atoms with E-state index in [2.05, 4.69) is 15.3 Å². The number of anilines is 2. The Labute approximate surface area is 186 Å². The first-order valence-electron chi connectivity index (χ1n) is 9.62. The molecule has 4 rings (SSSR count). The van der Waals surface area contributed by atoms with Crippen molar-refractivity contribution >= 4 is 34.2 Å². The molecule has 10 nitrogen and oxygen atoms in total. The van der Waals surface area contributed by atoms with Crippen LogP contribution in [-0.4, -0.2) is 39.6 Å². The van der Waals surface area contributed by atoms with Crippen molar-refractivity contribution in [1.29, 1.82) is 0 Å². The minimum Gasteiger partial charge on any atom is -0.494 e. The van der Waals surface area contributed by atoms with Crippen LogP contribution in [0.25, 0.3) is 22.2 Å². The minimum atomic E-state index is -1.02. The zero-order chi connectivity index (χ0) is 23.7. The lowest BCUT2D eigenvalue weighted by Crippen LogP contribution is -2.02. The Kier molecular flexibility index (Phi) is 5.61. The molecule has 0 saturated carbocycles. The van der Waals surface area contributed by atoms with E-state index in [1.807, 2.05) is 23.9 Å². The zero-order valence-corrected chi connectivity index (χ0v) is 17.8. The lowest BCUT2D eigenvalue weighted by Gasteiger charge is -2.11. The van der Waals surface area contributed by atoms with Crippen molar-refractivity contribution in [2.75, 3.05) is 19.5 Å². The summed E-state index contributed by atoms with van der Waals surface area (Å²) >= 11 is 0. The summed E-state index contributed by atoms with van der Waals surface area (Å²) in [5.41, 5.74) is 1.97. The number of hydrogen-bond acceptors (Lipinski definition) is 8. The monoisotopic (exact) mass is 451 g/mol. The van der Waals surface area contributed by atoms with E-state index in [-0.39, 0.29) is 17.4 Å². The second-order valence-corrected chi connectivity index (χ2v) is 7.03. The number of aryl methyl sites for hydroxylation is 1. The highest BCUT2D eigenvalue weighted by Gasteiger charge is 2.20. The van der Waals surface area contributed by atoms with E-state index < -0.39 is 22.4 Å². The van der Waals surface area contributed by atoms with Gasteiger partial charge in [-0.2, -0.15) is 4.39 Å². The fourth-order valence-corrected chi connectivity index (χ4v) is 3.48. The van der Waals surface area contributed by atoms with Crippen LogP contribution in [0.1, 0.15) is 10.4 Å². The summed E-state index contributed by atoms with van der Waals surface area (Å²) in [6, 6.07) is 8.84. The van der Waals surface area contributed by atoms with Gasteiger partial charge in [0.25, 0.3) is 0 Å². The van der Waals surface area contributed by atoms with Crippen LogP contribution in [0.15, 0.2) is 48.8 Å². The van der Waals surface area contributed by atoms with Gasteiger partial charge < -0.3 is 19.4 Å². The molecule has 33 heavy (non-hydrogen) atoms. The number of halogens is 1. The lowest BCUT2D eigenvalue weighted by atomic mass is 10.1. The molecule has 0 aliphatic heterocycles. The molecule has 0 spiro atoms. The van der Waals surface area contributed by atoms with Crippen LogP contribution in [0.5, 0.6) is 5.75 Å². The second kappa shape index (κ2) is 8.54. The van der Waals surface area contributed by atoms with Gasteiger partial charge in [0, 0.05) is 48.0 Å².